The number of esters is 1. The monoisotopic (exact) mass is 319 g/mol. The first-order valence-electron chi connectivity index (χ1n) is 6.64. The number of nitrogens with zero attached hydrogens (tertiary/aromatic N) is 1. The number of hydrogen-bond acceptors (Lipinski definition) is 4. The van der Waals surface area contributed by atoms with Crippen molar-refractivity contribution in [3.8, 4) is 0 Å². The third kappa shape index (κ3) is 4.05. The van der Waals surface area contributed by atoms with Gasteiger partial charge in [0.05, 0.1) is 11.3 Å². The molecule has 22 heavy (non-hydrogen) atoms. The Kier molecular flexibility index (Phi) is 5.12. The highest BCUT2D eigenvalue weighted by Gasteiger charge is 2.16. The zero-order valence-electron chi connectivity index (χ0n) is 11.9. The van der Waals surface area contributed by atoms with Gasteiger partial charge < -0.3 is 4.74 Å². The van der Waals surface area contributed by atoms with E-state index < -0.39 is 17.0 Å². The van der Waals surface area contributed by atoms with Gasteiger partial charge in [0, 0.05) is 17.2 Å². The minimum absolute atomic E-state index is 0.0356. The maximum atomic E-state index is 12.0. The van der Waals surface area contributed by atoms with Crippen molar-refractivity contribution in [1.29, 1.82) is 0 Å². The van der Waals surface area contributed by atoms with Gasteiger partial charge in [-0.2, -0.15) is 0 Å². The molecule has 114 valence electrons. The Morgan fingerprint density at radius 1 is 1.27 bits per heavy atom. The second kappa shape index (κ2) is 7.04. The average Bonchev–Trinajstić information content (AvgIpc) is 2.49. The molecule has 0 aliphatic heterocycles. The summed E-state index contributed by atoms with van der Waals surface area (Å²) in [5.74, 6) is -0.438. The lowest BCUT2D eigenvalue weighted by Gasteiger charge is -2.14. The first kappa shape index (κ1) is 16.0. The van der Waals surface area contributed by atoms with E-state index in [0.717, 1.165) is 0 Å². The number of halogens is 1. The van der Waals surface area contributed by atoms with Crippen LogP contribution >= 0.6 is 11.6 Å². The van der Waals surface area contributed by atoms with Crippen molar-refractivity contribution in [2.24, 2.45) is 0 Å². The zero-order valence-corrected chi connectivity index (χ0v) is 12.6. The fourth-order valence-corrected chi connectivity index (χ4v) is 2.20. The minimum atomic E-state index is -0.574. The van der Waals surface area contributed by atoms with E-state index in [0.29, 0.717) is 16.1 Å². The molecule has 1 atom stereocenters. The quantitative estimate of drug-likeness (QED) is 0.472. The molecule has 0 saturated carbocycles. The largest absolute Gasteiger partial charge is 0.458 e. The van der Waals surface area contributed by atoms with Gasteiger partial charge in [0.25, 0.3) is 5.69 Å². The van der Waals surface area contributed by atoms with E-state index in [9.17, 15) is 14.9 Å². The second-order valence-corrected chi connectivity index (χ2v) is 5.16. The molecule has 0 spiro atoms. The Balaban J connectivity index is 2.04. The van der Waals surface area contributed by atoms with Gasteiger partial charge >= 0.3 is 5.97 Å². The van der Waals surface area contributed by atoms with Crippen LogP contribution in [0.3, 0.4) is 0 Å². The van der Waals surface area contributed by atoms with E-state index >= 15 is 0 Å². The van der Waals surface area contributed by atoms with Gasteiger partial charge in [-0.25, -0.2) is 0 Å². The second-order valence-electron chi connectivity index (χ2n) is 4.75. The van der Waals surface area contributed by atoms with Crippen molar-refractivity contribution in [2.75, 3.05) is 0 Å². The number of carbonyl (C=O) groups is 1. The summed E-state index contributed by atoms with van der Waals surface area (Å²) in [6.07, 6.45) is -0.520. The smallest absolute Gasteiger partial charge is 0.310 e. The first-order valence-corrected chi connectivity index (χ1v) is 7.02. The predicted molar refractivity (Wildman–Crippen MR) is 82.8 cm³/mol. The van der Waals surface area contributed by atoms with Gasteiger partial charge in [-0.3, -0.25) is 14.9 Å². The van der Waals surface area contributed by atoms with Crippen LogP contribution in [0.15, 0.2) is 48.5 Å². The highest BCUT2D eigenvalue weighted by atomic mass is 35.5. The van der Waals surface area contributed by atoms with Gasteiger partial charge in [0.2, 0.25) is 0 Å². The van der Waals surface area contributed by atoms with E-state index in [2.05, 4.69) is 0 Å². The van der Waals surface area contributed by atoms with Crippen LogP contribution < -0.4 is 0 Å². The number of nitro benzene ring substituents is 1. The standard InChI is InChI=1S/C16H14ClNO4/c1-11(12-6-4-7-14(9-12)18(20)21)22-16(19)10-13-5-2-3-8-15(13)17/h2-9,11H,10H2,1H3/t11-/m1/s1. The van der Waals surface area contributed by atoms with Crippen LogP contribution in [0.5, 0.6) is 0 Å². The molecule has 5 nitrogen and oxygen atoms in total. The normalized spacial score (nSPS) is 11.7. The molecule has 0 amide bonds. The predicted octanol–water partition coefficient (Wildman–Crippen LogP) is 4.10. The molecule has 0 heterocycles. The minimum Gasteiger partial charge on any atom is -0.458 e. The molecule has 2 aromatic rings. The molecule has 0 bridgehead atoms. The molecule has 0 radical (unpaired) electrons. The highest BCUT2D eigenvalue weighted by Crippen LogP contribution is 2.23. The third-order valence-corrected chi connectivity index (χ3v) is 3.52. The first-order chi connectivity index (χ1) is 10.5. The molecule has 0 aromatic heterocycles. The van der Waals surface area contributed by atoms with E-state index in [-0.39, 0.29) is 12.1 Å². The lowest BCUT2D eigenvalue weighted by molar-refractivity contribution is -0.385. The number of carbonyl (C=O) groups excluding carboxylic acids is 1. The molecule has 0 aliphatic carbocycles. The molecule has 0 saturated heterocycles. The number of nitro groups is 1. The van der Waals surface area contributed by atoms with Gasteiger partial charge in [-0.05, 0) is 24.1 Å². The molecule has 0 aliphatic rings. The maximum Gasteiger partial charge on any atom is 0.310 e. The van der Waals surface area contributed by atoms with E-state index in [4.69, 9.17) is 16.3 Å². The average molecular weight is 320 g/mol. The third-order valence-electron chi connectivity index (χ3n) is 3.15. The number of rotatable bonds is 5. The summed E-state index contributed by atoms with van der Waals surface area (Å²) in [5.41, 5.74) is 1.22. The van der Waals surface area contributed by atoms with E-state index in [1.54, 1.807) is 43.3 Å². The molecular weight excluding hydrogens is 306 g/mol. The summed E-state index contributed by atoms with van der Waals surface area (Å²) in [4.78, 5) is 22.2. The number of hydrogen-bond donors (Lipinski definition) is 0. The molecule has 0 unspecified atom stereocenters. The van der Waals surface area contributed by atoms with Crippen LogP contribution in [0, 0.1) is 10.1 Å². The number of ether oxygens (including phenoxy) is 1. The Hall–Kier alpha value is -2.40. The van der Waals surface area contributed by atoms with Crippen LogP contribution in [-0.4, -0.2) is 10.9 Å². The Morgan fingerprint density at radius 3 is 2.68 bits per heavy atom. The molecule has 2 aromatic carbocycles. The summed E-state index contributed by atoms with van der Waals surface area (Å²) in [7, 11) is 0. The Bertz CT molecular complexity index is 702. The van der Waals surface area contributed by atoms with Crippen LogP contribution in [0.1, 0.15) is 24.2 Å². The van der Waals surface area contributed by atoms with Gasteiger partial charge in [-0.15, -0.1) is 0 Å². The van der Waals surface area contributed by atoms with E-state index in [1.807, 2.05) is 0 Å². The van der Waals surface area contributed by atoms with E-state index in [1.165, 1.54) is 12.1 Å². The van der Waals surface area contributed by atoms with Gasteiger partial charge in [0.15, 0.2) is 0 Å². The summed E-state index contributed by atoms with van der Waals surface area (Å²) in [5, 5.41) is 11.3. The summed E-state index contributed by atoms with van der Waals surface area (Å²) < 4.78 is 5.31. The highest BCUT2D eigenvalue weighted by molar-refractivity contribution is 6.31. The summed E-state index contributed by atoms with van der Waals surface area (Å²) in [6, 6.07) is 13.1. The van der Waals surface area contributed by atoms with Crippen molar-refractivity contribution < 1.29 is 14.5 Å². The van der Waals surface area contributed by atoms with Gasteiger partial charge in [0.1, 0.15) is 6.10 Å². The Labute approximate surface area is 132 Å². The van der Waals surface area contributed by atoms with Crippen molar-refractivity contribution in [1.82, 2.24) is 0 Å². The molecule has 0 N–H and O–H groups in total. The number of non-ortho nitro benzene ring substituents is 1. The maximum absolute atomic E-state index is 12.0. The fraction of sp³-hybridized carbons (Fsp3) is 0.188. The van der Waals surface area contributed by atoms with Crippen LogP contribution in [0.25, 0.3) is 0 Å². The van der Waals surface area contributed by atoms with Crippen molar-refractivity contribution in [3.05, 3.63) is 74.8 Å². The molecular formula is C16H14ClNO4. The summed E-state index contributed by atoms with van der Waals surface area (Å²) in [6.45, 7) is 1.67. The molecule has 2 rings (SSSR count). The van der Waals surface area contributed by atoms with Crippen molar-refractivity contribution >= 4 is 23.3 Å². The van der Waals surface area contributed by atoms with Gasteiger partial charge in [-0.1, -0.05) is 41.9 Å². The Morgan fingerprint density at radius 2 is 2.00 bits per heavy atom. The van der Waals surface area contributed by atoms with Crippen LogP contribution in [0.4, 0.5) is 5.69 Å². The van der Waals surface area contributed by atoms with Crippen LogP contribution in [0.2, 0.25) is 5.02 Å². The van der Waals surface area contributed by atoms with Crippen molar-refractivity contribution in [2.45, 2.75) is 19.4 Å². The SMILES string of the molecule is C[C@@H](OC(=O)Cc1ccccc1Cl)c1cccc([N+](=O)[O-])c1. The lowest BCUT2D eigenvalue weighted by Crippen LogP contribution is -2.11. The van der Waals surface area contributed by atoms with Crippen LogP contribution in [-0.2, 0) is 16.0 Å². The zero-order chi connectivity index (χ0) is 16.1. The lowest BCUT2D eigenvalue weighted by atomic mass is 10.1. The molecule has 6 heteroatoms. The summed E-state index contributed by atoms with van der Waals surface area (Å²) >= 11 is 5.99. The van der Waals surface area contributed by atoms with Crippen molar-refractivity contribution in [3.63, 3.8) is 0 Å². The molecule has 0 fully saturated rings. The fourth-order valence-electron chi connectivity index (χ4n) is 2.00. The topological polar surface area (TPSA) is 69.4 Å². The number of benzene rings is 2.